The Morgan fingerprint density at radius 2 is 1.78 bits per heavy atom. The third-order valence-corrected chi connectivity index (χ3v) is 6.12. The molecule has 1 aromatic rings. The zero-order chi connectivity index (χ0) is 17.4. The predicted octanol–water partition coefficient (Wildman–Crippen LogP) is -2.06. The summed E-state index contributed by atoms with van der Waals surface area (Å²) >= 11 is 0. The molecule has 23 heavy (non-hydrogen) atoms. The van der Waals surface area contributed by atoms with Crippen LogP contribution in [-0.4, -0.2) is 88.3 Å². The van der Waals surface area contributed by atoms with Crippen LogP contribution >= 0.6 is 0 Å². The van der Waals surface area contributed by atoms with Gasteiger partial charge in [-0.3, -0.25) is 4.68 Å². The molecule has 4 N–H and O–H groups in total. The van der Waals surface area contributed by atoms with Gasteiger partial charge in [-0.2, -0.15) is 0 Å². The number of aliphatic hydroxyl groups is 3. The maximum Gasteiger partial charge on any atom is 0.103 e. The lowest BCUT2D eigenvalue weighted by molar-refractivity contribution is 0.0176. The topological polar surface area (TPSA) is 107 Å². The van der Waals surface area contributed by atoms with Crippen molar-refractivity contribution in [1.29, 1.82) is 0 Å². The van der Waals surface area contributed by atoms with Crippen LogP contribution in [0.2, 0.25) is 19.6 Å². The smallest absolute Gasteiger partial charge is 0.103 e. The van der Waals surface area contributed by atoms with Crippen molar-refractivity contribution < 1.29 is 15.3 Å². The largest absolute Gasteiger partial charge is 0.395 e. The first kappa shape index (κ1) is 18.5. The molecule has 1 fully saturated rings. The van der Waals surface area contributed by atoms with E-state index in [1.165, 1.54) is 0 Å². The molecule has 1 saturated heterocycles. The van der Waals surface area contributed by atoms with Gasteiger partial charge in [0, 0.05) is 11.9 Å². The van der Waals surface area contributed by atoms with Gasteiger partial charge in [-0.05, 0) is 14.1 Å². The Morgan fingerprint density at radius 1 is 1.17 bits per heavy atom. The molecule has 1 aliphatic rings. The lowest BCUT2D eigenvalue weighted by atomic mass is 10.1. The second kappa shape index (κ2) is 6.95. The van der Waals surface area contributed by atoms with E-state index in [-0.39, 0.29) is 12.6 Å². The molecule has 0 radical (unpaired) electrons. The van der Waals surface area contributed by atoms with Crippen molar-refractivity contribution in [3.8, 4) is 0 Å². The summed E-state index contributed by atoms with van der Waals surface area (Å²) in [5.41, 5.74) is 0.973. The third-order valence-electron chi connectivity index (χ3n) is 4.15. The van der Waals surface area contributed by atoms with Crippen LogP contribution in [0, 0.1) is 0 Å². The molecular weight excluding hydrogens is 314 g/mol. The zero-order valence-corrected chi connectivity index (χ0v) is 15.6. The lowest BCUT2D eigenvalue weighted by Gasteiger charge is -2.23. The number of aliphatic hydroxyl groups excluding tert-OH is 3. The summed E-state index contributed by atoms with van der Waals surface area (Å²) in [6.07, 6.45) is -1.90. The van der Waals surface area contributed by atoms with E-state index in [0.717, 1.165) is 17.6 Å². The molecule has 0 bridgehead atoms. The lowest BCUT2D eigenvalue weighted by Crippen LogP contribution is -2.49. The fourth-order valence-electron chi connectivity index (χ4n) is 3.16. The molecule has 132 valence electrons. The Labute approximate surface area is 138 Å². The Bertz CT molecular complexity index is 531. The highest BCUT2D eigenvalue weighted by atomic mass is 28.3. The molecule has 0 unspecified atom stereocenters. The molecule has 0 saturated carbocycles. The number of hydrogen-bond donors (Lipinski definition) is 4. The monoisotopic (exact) mass is 343 g/mol. The highest BCUT2D eigenvalue weighted by Crippen LogP contribution is 2.16. The summed E-state index contributed by atoms with van der Waals surface area (Å²) in [6.45, 7) is 7.66. The van der Waals surface area contributed by atoms with Crippen LogP contribution in [0.4, 0.5) is 0 Å². The van der Waals surface area contributed by atoms with Gasteiger partial charge in [0.1, 0.15) is 8.07 Å². The van der Waals surface area contributed by atoms with E-state index in [2.05, 4.69) is 40.2 Å². The molecule has 4 atom stereocenters. The van der Waals surface area contributed by atoms with E-state index in [4.69, 9.17) is 0 Å². The standard InChI is InChI=1S/C14H29N5O3Si/c1-18(2)6-10-14(23(3,4)5)19(17-16-10)7-9-12(21)13(22)11(8-20)15-9/h9,11-13,15,20-22H,6-8H2,1-5H3/t9-,11-,12-,13-/m1/s1. The molecule has 0 amide bonds. The summed E-state index contributed by atoms with van der Waals surface area (Å²) in [6, 6.07) is -0.860. The maximum atomic E-state index is 10.2. The molecule has 0 spiro atoms. The van der Waals surface area contributed by atoms with Gasteiger partial charge >= 0.3 is 0 Å². The predicted molar refractivity (Wildman–Crippen MR) is 90.2 cm³/mol. The van der Waals surface area contributed by atoms with Gasteiger partial charge in [0.25, 0.3) is 0 Å². The molecule has 1 aliphatic heterocycles. The van der Waals surface area contributed by atoms with E-state index in [1.54, 1.807) is 0 Å². The molecule has 2 rings (SSSR count). The molecule has 1 aromatic heterocycles. The summed E-state index contributed by atoms with van der Waals surface area (Å²) in [4.78, 5) is 2.06. The quantitative estimate of drug-likeness (QED) is 0.440. The van der Waals surface area contributed by atoms with E-state index < -0.39 is 26.3 Å². The van der Waals surface area contributed by atoms with E-state index in [1.807, 2.05) is 18.8 Å². The molecule has 0 aliphatic carbocycles. The van der Waals surface area contributed by atoms with Crippen LogP contribution in [0.3, 0.4) is 0 Å². The molecular formula is C14H29N5O3Si. The Morgan fingerprint density at radius 3 is 2.26 bits per heavy atom. The summed E-state index contributed by atoms with van der Waals surface area (Å²) < 4.78 is 1.86. The Balaban J connectivity index is 2.25. The van der Waals surface area contributed by atoms with Gasteiger partial charge < -0.3 is 25.5 Å². The Hall–Kier alpha value is -0.843. The van der Waals surface area contributed by atoms with Gasteiger partial charge in [0.05, 0.1) is 43.1 Å². The first-order valence-corrected chi connectivity index (χ1v) is 11.5. The summed E-state index contributed by atoms with van der Waals surface area (Å²) in [5.74, 6) is 0. The first-order valence-electron chi connectivity index (χ1n) is 7.95. The average molecular weight is 344 g/mol. The number of nitrogens with zero attached hydrogens (tertiary/aromatic N) is 4. The van der Waals surface area contributed by atoms with Gasteiger partial charge in [-0.15, -0.1) is 5.10 Å². The molecule has 9 heteroatoms. The van der Waals surface area contributed by atoms with E-state index >= 15 is 0 Å². The molecule has 0 aromatic carbocycles. The van der Waals surface area contributed by atoms with Crippen molar-refractivity contribution >= 4 is 13.4 Å². The van der Waals surface area contributed by atoms with Crippen molar-refractivity contribution in [3.05, 3.63) is 5.69 Å². The first-order chi connectivity index (χ1) is 10.6. The van der Waals surface area contributed by atoms with Crippen LogP contribution < -0.4 is 10.6 Å². The summed E-state index contributed by atoms with van der Waals surface area (Å²) in [5, 5.41) is 42.2. The van der Waals surface area contributed by atoms with Crippen molar-refractivity contribution in [2.24, 2.45) is 0 Å². The highest BCUT2D eigenvalue weighted by Gasteiger charge is 2.41. The third kappa shape index (κ3) is 3.98. The second-order valence-corrected chi connectivity index (χ2v) is 12.6. The summed E-state index contributed by atoms with van der Waals surface area (Å²) in [7, 11) is 2.31. The van der Waals surface area contributed by atoms with Crippen molar-refractivity contribution in [2.75, 3.05) is 20.7 Å². The van der Waals surface area contributed by atoms with E-state index in [9.17, 15) is 15.3 Å². The van der Waals surface area contributed by atoms with Crippen LogP contribution in [0.1, 0.15) is 5.69 Å². The van der Waals surface area contributed by atoms with Crippen LogP contribution in [-0.2, 0) is 13.1 Å². The van der Waals surface area contributed by atoms with Gasteiger partial charge in [-0.25, -0.2) is 0 Å². The minimum absolute atomic E-state index is 0.209. The van der Waals surface area contributed by atoms with Crippen molar-refractivity contribution in [1.82, 2.24) is 25.2 Å². The zero-order valence-electron chi connectivity index (χ0n) is 14.6. The van der Waals surface area contributed by atoms with E-state index in [0.29, 0.717) is 6.54 Å². The minimum Gasteiger partial charge on any atom is -0.395 e. The Kier molecular flexibility index (Phi) is 5.59. The van der Waals surface area contributed by atoms with Crippen molar-refractivity contribution in [3.63, 3.8) is 0 Å². The van der Waals surface area contributed by atoms with Gasteiger partial charge in [-0.1, -0.05) is 24.9 Å². The maximum absolute atomic E-state index is 10.2. The number of rotatable bonds is 6. The normalized spacial score (nSPS) is 28.7. The fourth-order valence-corrected chi connectivity index (χ4v) is 5.06. The highest BCUT2D eigenvalue weighted by molar-refractivity contribution is 6.88. The van der Waals surface area contributed by atoms with Gasteiger partial charge in [0.2, 0.25) is 0 Å². The fraction of sp³-hybridized carbons (Fsp3) is 0.857. The average Bonchev–Trinajstić information content (AvgIpc) is 2.94. The second-order valence-electron chi connectivity index (χ2n) is 7.60. The van der Waals surface area contributed by atoms with Gasteiger partial charge in [0.15, 0.2) is 0 Å². The number of hydrogen-bond acceptors (Lipinski definition) is 7. The molecule has 8 nitrogen and oxygen atoms in total. The number of nitrogens with one attached hydrogen (secondary N) is 1. The SMILES string of the molecule is CN(C)Cc1nnn(C[C@H]2N[C@H](CO)[C@@H](O)[C@@H]2O)c1[Si](C)(C)C. The van der Waals surface area contributed by atoms with Crippen molar-refractivity contribution in [2.45, 2.75) is 57.0 Å². The minimum atomic E-state index is -1.68. The van der Waals surface area contributed by atoms with Crippen LogP contribution in [0.5, 0.6) is 0 Å². The van der Waals surface area contributed by atoms with Crippen LogP contribution in [0.15, 0.2) is 0 Å². The molecule has 2 heterocycles. The number of aromatic nitrogens is 3. The van der Waals surface area contributed by atoms with Crippen LogP contribution in [0.25, 0.3) is 0 Å².